The Morgan fingerprint density at radius 3 is 2.93 bits per heavy atom. The van der Waals surface area contributed by atoms with Gasteiger partial charge in [0.05, 0.1) is 5.69 Å². The average molecular weight is 193 g/mol. The van der Waals surface area contributed by atoms with E-state index < -0.39 is 0 Å². The fraction of sp³-hybridized carbons (Fsp3) is 0.500. The summed E-state index contributed by atoms with van der Waals surface area (Å²) in [5, 5.41) is 3.27. The van der Waals surface area contributed by atoms with E-state index in [1.165, 1.54) is 0 Å². The maximum atomic E-state index is 11.2. The monoisotopic (exact) mass is 193 g/mol. The molecule has 1 heterocycles. The number of anilines is 2. The Kier molecular flexibility index (Phi) is 2.19. The molecule has 0 unspecified atom stereocenters. The second kappa shape index (κ2) is 3.36. The number of hydrogen-bond donors (Lipinski definition) is 3. The molecule has 4 N–H and O–H groups in total. The number of rotatable bonds is 2. The van der Waals surface area contributed by atoms with Crippen molar-refractivity contribution in [3.05, 3.63) is 22.6 Å². The molecular formula is C10H15N3O. The molecule has 0 saturated heterocycles. The molecule has 0 aromatic carbocycles. The zero-order valence-electron chi connectivity index (χ0n) is 8.21. The number of pyridine rings is 1. The largest absolute Gasteiger partial charge is 0.393 e. The molecule has 1 saturated carbocycles. The summed E-state index contributed by atoms with van der Waals surface area (Å²) in [4.78, 5) is 13.7. The SMILES string of the molecule is CC1CC(Nc2cc[nH]c(=O)c2N)C1. The van der Waals surface area contributed by atoms with Crippen molar-refractivity contribution in [2.45, 2.75) is 25.8 Å². The second-order valence-corrected chi connectivity index (χ2v) is 4.05. The number of H-pyrrole nitrogens is 1. The van der Waals surface area contributed by atoms with Gasteiger partial charge in [-0.2, -0.15) is 0 Å². The smallest absolute Gasteiger partial charge is 0.273 e. The van der Waals surface area contributed by atoms with Crippen LogP contribution in [0.25, 0.3) is 0 Å². The lowest BCUT2D eigenvalue weighted by molar-refractivity contribution is 0.309. The summed E-state index contributed by atoms with van der Waals surface area (Å²) in [7, 11) is 0. The summed E-state index contributed by atoms with van der Waals surface area (Å²) in [6.07, 6.45) is 3.93. The maximum absolute atomic E-state index is 11.2. The molecule has 14 heavy (non-hydrogen) atoms. The molecule has 0 spiro atoms. The summed E-state index contributed by atoms with van der Waals surface area (Å²) < 4.78 is 0. The molecule has 1 fully saturated rings. The standard InChI is InChI=1S/C10H15N3O/c1-6-4-7(5-6)13-8-2-3-12-10(14)9(8)11/h2-3,6-7H,4-5,11H2,1H3,(H2,12,13,14). The number of nitrogens with one attached hydrogen (secondary N) is 2. The average Bonchev–Trinajstić information content (AvgIpc) is 2.10. The van der Waals surface area contributed by atoms with Crippen LogP contribution in [0.5, 0.6) is 0 Å². The number of nitrogens with two attached hydrogens (primary N) is 1. The Morgan fingerprint density at radius 2 is 2.29 bits per heavy atom. The van der Waals surface area contributed by atoms with Crippen LogP contribution in [0.2, 0.25) is 0 Å². The fourth-order valence-corrected chi connectivity index (χ4v) is 1.86. The van der Waals surface area contributed by atoms with Crippen LogP contribution < -0.4 is 16.6 Å². The number of nitrogen functional groups attached to an aromatic ring is 1. The molecule has 1 aliphatic rings. The molecule has 76 valence electrons. The van der Waals surface area contributed by atoms with Crippen LogP contribution in [0.4, 0.5) is 11.4 Å². The van der Waals surface area contributed by atoms with Crippen LogP contribution in [0, 0.1) is 5.92 Å². The third kappa shape index (κ3) is 1.60. The Hall–Kier alpha value is -1.45. The summed E-state index contributed by atoms with van der Waals surface area (Å²) in [5.41, 5.74) is 6.46. The van der Waals surface area contributed by atoms with Crippen LogP contribution in [0.15, 0.2) is 17.1 Å². The van der Waals surface area contributed by atoms with Crippen LogP contribution in [0.3, 0.4) is 0 Å². The van der Waals surface area contributed by atoms with Crippen molar-refractivity contribution in [3.63, 3.8) is 0 Å². The van der Waals surface area contributed by atoms with Crippen molar-refractivity contribution >= 4 is 11.4 Å². The zero-order chi connectivity index (χ0) is 10.1. The normalized spacial score (nSPS) is 25.5. The van der Waals surface area contributed by atoms with Gasteiger partial charge >= 0.3 is 0 Å². The molecule has 4 heteroatoms. The van der Waals surface area contributed by atoms with E-state index >= 15 is 0 Å². The first-order valence-corrected chi connectivity index (χ1v) is 4.90. The number of aromatic amines is 1. The quantitative estimate of drug-likeness (QED) is 0.660. The minimum absolute atomic E-state index is 0.220. The zero-order valence-corrected chi connectivity index (χ0v) is 8.21. The second-order valence-electron chi connectivity index (χ2n) is 4.05. The summed E-state index contributed by atoms with van der Waals surface area (Å²) in [6, 6.07) is 2.29. The van der Waals surface area contributed by atoms with E-state index in [0.717, 1.165) is 24.4 Å². The van der Waals surface area contributed by atoms with Gasteiger partial charge in [0.1, 0.15) is 5.69 Å². The van der Waals surface area contributed by atoms with Gasteiger partial charge in [0.25, 0.3) is 5.56 Å². The first-order chi connectivity index (χ1) is 6.66. The lowest BCUT2D eigenvalue weighted by Crippen LogP contribution is -2.34. The van der Waals surface area contributed by atoms with E-state index in [4.69, 9.17) is 5.73 Å². The van der Waals surface area contributed by atoms with Crippen molar-refractivity contribution in [1.82, 2.24) is 4.98 Å². The molecule has 0 aliphatic heterocycles. The van der Waals surface area contributed by atoms with Gasteiger partial charge < -0.3 is 16.0 Å². The van der Waals surface area contributed by atoms with E-state index in [0.29, 0.717) is 6.04 Å². The molecular weight excluding hydrogens is 178 g/mol. The van der Waals surface area contributed by atoms with Gasteiger partial charge in [-0.15, -0.1) is 0 Å². The van der Waals surface area contributed by atoms with Crippen LogP contribution in [-0.2, 0) is 0 Å². The van der Waals surface area contributed by atoms with Gasteiger partial charge in [-0.25, -0.2) is 0 Å². The highest BCUT2D eigenvalue weighted by Gasteiger charge is 2.25. The molecule has 0 bridgehead atoms. The molecule has 1 aliphatic carbocycles. The van der Waals surface area contributed by atoms with Crippen LogP contribution in [-0.4, -0.2) is 11.0 Å². The van der Waals surface area contributed by atoms with E-state index in [2.05, 4.69) is 17.2 Å². The van der Waals surface area contributed by atoms with Crippen molar-refractivity contribution < 1.29 is 0 Å². The highest BCUT2D eigenvalue weighted by Crippen LogP contribution is 2.30. The molecule has 4 nitrogen and oxygen atoms in total. The molecule has 1 aromatic rings. The van der Waals surface area contributed by atoms with Gasteiger partial charge in [0, 0.05) is 12.2 Å². The molecule has 0 radical (unpaired) electrons. The maximum Gasteiger partial charge on any atom is 0.273 e. The van der Waals surface area contributed by atoms with Gasteiger partial charge in [-0.05, 0) is 24.8 Å². The highest BCUT2D eigenvalue weighted by atomic mass is 16.1. The Balaban J connectivity index is 2.10. The third-order valence-corrected chi connectivity index (χ3v) is 2.73. The number of hydrogen-bond acceptors (Lipinski definition) is 3. The number of aromatic nitrogens is 1. The van der Waals surface area contributed by atoms with E-state index in [1.54, 1.807) is 12.3 Å². The molecule has 0 amide bonds. The van der Waals surface area contributed by atoms with E-state index in [9.17, 15) is 4.79 Å². The van der Waals surface area contributed by atoms with Gasteiger partial charge in [0.15, 0.2) is 0 Å². The first-order valence-electron chi connectivity index (χ1n) is 4.90. The first kappa shape index (κ1) is 9.12. The molecule has 2 rings (SSSR count). The van der Waals surface area contributed by atoms with Crippen molar-refractivity contribution in [1.29, 1.82) is 0 Å². The Morgan fingerprint density at radius 1 is 1.57 bits per heavy atom. The lowest BCUT2D eigenvalue weighted by atomic mass is 9.82. The summed E-state index contributed by atoms with van der Waals surface area (Å²) >= 11 is 0. The van der Waals surface area contributed by atoms with Crippen molar-refractivity contribution in [2.24, 2.45) is 5.92 Å². The Bertz CT molecular complexity index is 379. The highest BCUT2D eigenvalue weighted by molar-refractivity contribution is 5.64. The fourth-order valence-electron chi connectivity index (χ4n) is 1.86. The minimum atomic E-state index is -0.220. The molecule has 1 aromatic heterocycles. The van der Waals surface area contributed by atoms with Crippen LogP contribution in [0.1, 0.15) is 19.8 Å². The third-order valence-electron chi connectivity index (χ3n) is 2.73. The summed E-state index contributed by atoms with van der Waals surface area (Å²) in [5.74, 6) is 0.788. The predicted octanol–water partition coefficient (Wildman–Crippen LogP) is 1.17. The van der Waals surface area contributed by atoms with E-state index in [1.807, 2.05) is 0 Å². The van der Waals surface area contributed by atoms with Gasteiger partial charge in [-0.1, -0.05) is 6.92 Å². The summed E-state index contributed by atoms with van der Waals surface area (Å²) in [6.45, 7) is 2.22. The minimum Gasteiger partial charge on any atom is -0.393 e. The van der Waals surface area contributed by atoms with Crippen molar-refractivity contribution in [2.75, 3.05) is 11.1 Å². The Labute approximate surface area is 82.5 Å². The predicted molar refractivity (Wildman–Crippen MR) is 57.3 cm³/mol. The van der Waals surface area contributed by atoms with Gasteiger partial charge in [0.2, 0.25) is 0 Å². The van der Waals surface area contributed by atoms with Crippen LogP contribution >= 0.6 is 0 Å². The van der Waals surface area contributed by atoms with E-state index in [-0.39, 0.29) is 11.2 Å². The van der Waals surface area contributed by atoms with Gasteiger partial charge in [-0.3, -0.25) is 4.79 Å². The topological polar surface area (TPSA) is 70.9 Å². The lowest BCUT2D eigenvalue weighted by Gasteiger charge is -2.34. The molecule has 0 atom stereocenters. The van der Waals surface area contributed by atoms with Crippen molar-refractivity contribution in [3.8, 4) is 0 Å².